The third-order valence-corrected chi connectivity index (χ3v) is 5.23. The molecule has 2 aromatic carbocycles. The van der Waals surface area contributed by atoms with Gasteiger partial charge in [0.15, 0.2) is 10.3 Å². The van der Waals surface area contributed by atoms with Gasteiger partial charge in [0, 0.05) is 0 Å². The van der Waals surface area contributed by atoms with E-state index in [0.717, 1.165) is 17.5 Å². The van der Waals surface area contributed by atoms with Crippen LogP contribution in [0.4, 0.5) is 13.2 Å². The van der Waals surface area contributed by atoms with Crippen molar-refractivity contribution in [2.24, 2.45) is 0 Å². The van der Waals surface area contributed by atoms with Crippen molar-refractivity contribution in [1.82, 2.24) is 0 Å². The lowest BCUT2D eigenvalue weighted by molar-refractivity contribution is -0.0688. The maximum Gasteiger partial charge on any atom is 0.421 e. The molecule has 0 saturated carbocycles. The van der Waals surface area contributed by atoms with Crippen molar-refractivity contribution >= 4 is 51.6 Å². The minimum atomic E-state index is -4.69. The molecule has 23 heavy (non-hydrogen) atoms. The molecular formula is C15H9Cl3F3OS+. The topological polar surface area (TPSA) is 20.2 Å². The van der Waals surface area contributed by atoms with E-state index in [4.69, 9.17) is 34.8 Å². The fourth-order valence-corrected chi connectivity index (χ4v) is 3.41. The first kappa shape index (κ1) is 18.5. The van der Waals surface area contributed by atoms with E-state index in [-0.39, 0.29) is 20.6 Å². The van der Waals surface area contributed by atoms with E-state index in [1.54, 1.807) is 18.2 Å². The maximum atomic E-state index is 13.4. The summed E-state index contributed by atoms with van der Waals surface area (Å²) in [5.74, 6) is 0. The number of rotatable bonds is 3. The molecule has 8 heteroatoms. The van der Waals surface area contributed by atoms with Crippen LogP contribution in [0.25, 0.3) is 5.57 Å². The molecule has 0 aliphatic heterocycles. The molecule has 1 atom stereocenters. The zero-order chi connectivity index (χ0) is 17.2. The Balaban J connectivity index is 2.53. The quantitative estimate of drug-likeness (QED) is 0.449. The van der Waals surface area contributed by atoms with Gasteiger partial charge in [0.25, 0.3) is 0 Å². The van der Waals surface area contributed by atoms with Crippen LogP contribution in [-0.2, 0) is 11.2 Å². The molecule has 0 aromatic heterocycles. The molecule has 0 heterocycles. The van der Waals surface area contributed by atoms with Gasteiger partial charge in [-0.3, -0.25) is 0 Å². The summed E-state index contributed by atoms with van der Waals surface area (Å²) in [6.07, 6.45) is -4.69. The van der Waals surface area contributed by atoms with Crippen LogP contribution in [0.2, 0.25) is 15.1 Å². The SMILES string of the molecule is O[S+](/C=C(\c1cc(Cl)c(Cl)c(Cl)c1)C(F)(F)F)c1ccccc1. The number of hydrogen-bond acceptors (Lipinski definition) is 1. The van der Waals surface area contributed by atoms with Gasteiger partial charge in [0.1, 0.15) is 5.57 Å². The summed E-state index contributed by atoms with van der Waals surface area (Å²) in [6, 6.07) is 10.2. The predicted octanol–water partition coefficient (Wildman–Crippen LogP) is 6.70. The second kappa shape index (κ2) is 7.36. The maximum absolute atomic E-state index is 13.4. The standard InChI is InChI=1S/C15H9Cl3F3OS/c16-12-6-9(7-13(17)14(12)18)11(15(19,20)21)8-23(22)10-4-2-1-3-5-10/h1-8,22H/q+1/b11-8+. The Morgan fingerprint density at radius 3 is 2.00 bits per heavy atom. The van der Waals surface area contributed by atoms with Gasteiger partial charge in [-0.1, -0.05) is 53.0 Å². The first-order chi connectivity index (χ1) is 10.7. The molecule has 2 aromatic rings. The Bertz CT molecular complexity index is 709. The average Bonchev–Trinajstić information content (AvgIpc) is 2.49. The normalized spacial score (nSPS) is 14.0. The molecule has 1 N–H and O–H groups in total. The second-order valence-electron chi connectivity index (χ2n) is 4.41. The Morgan fingerprint density at radius 1 is 1.00 bits per heavy atom. The molecule has 2 rings (SSSR count). The Morgan fingerprint density at radius 2 is 1.52 bits per heavy atom. The molecule has 0 spiro atoms. The Kier molecular flexibility index (Phi) is 5.92. The minimum Gasteiger partial charge on any atom is -0.176 e. The minimum absolute atomic E-state index is 0.0235. The van der Waals surface area contributed by atoms with Gasteiger partial charge in [-0.05, 0) is 29.8 Å². The van der Waals surface area contributed by atoms with Gasteiger partial charge in [-0.15, -0.1) is 0 Å². The summed E-state index contributed by atoms with van der Waals surface area (Å²) < 4.78 is 50.1. The number of halogens is 6. The molecule has 0 amide bonds. The van der Waals surface area contributed by atoms with E-state index < -0.39 is 22.9 Å². The summed E-state index contributed by atoms with van der Waals surface area (Å²) in [5.41, 5.74) is -1.30. The van der Waals surface area contributed by atoms with Crippen molar-refractivity contribution < 1.29 is 17.7 Å². The molecule has 1 nitrogen and oxygen atoms in total. The lowest BCUT2D eigenvalue weighted by atomic mass is 10.1. The molecule has 0 bridgehead atoms. The van der Waals surface area contributed by atoms with Crippen LogP contribution in [0.5, 0.6) is 0 Å². The van der Waals surface area contributed by atoms with Crippen LogP contribution in [0, 0.1) is 0 Å². The number of hydrogen-bond donors (Lipinski definition) is 1. The fraction of sp³-hybridized carbons (Fsp3) is 0.0667. The molecule has 0 aliphatic rings. The van der Waals surface area contributed by atoms with Crippen molar-refractivity contribution in [2.45, 2.75) is 11.1 Å². The van der Waals surface area contributed by atoms with Crippen LogP contribution >= 0.6 is 34.8 Å². The summed E-state index contributed by atoms with van der Waals surface area (Å²) in [5, 5.41) is 0.527. The van der Waals surface area contributed by atoms with Crippen LogP contribution in [0.3, 0.4) is 0 Å². The van der Waals surface area contributed by atoms with Crippen molar-refractivity contribution in [3.8, 4) is 0 Å². The van der Waals surface area contributed by atoms with Crippen LogP contribution in [-0.4, -0.2) is 10.7 Å². The molecular weight excluding hydrogens is 392 g/mol. The number of allylic oxidation sites excluding steroid dienone is 1. The first-order valence-corrected chi connectivity index (χ1v) is 8.49. The van der Waals surface area contributed by atoms with Crippen molar-refractivity contribution in [1.29, 1.82) is 0 Å². The van der Waals surface area contributed by atoms with E-state index in [1.165, 1.54) is 12.1 Å². The van der Waals surface area contributed by atoms with Crippen LogP contribution < -0.4 is 0 Å². The molecule has 0 aliphatic carbocycles. The Hall–Kier alpha value is -0.850. The average molecular weight is 401 g/mol. The van der Waals surface area contributed by atoms with E-state index in [9.17, 15) is 17.7 Å². The van der Waals surface area contributed by atoms with Crippen molar-refractivity contribution in [3.05, 3.63) is 68.5 Å². The zero-order valence-electron chi connectivity index (χ0n) is 11.2. The fourth-order valence-electron chi connectivity index (χ4n) is 1.75. The summed E-state index contributed by atoms with van der Waals surface area (Å²) >= 11 is 15.6. The third kappa shape index (κ3) is 4.58. The van der Waals surface area contributed by atoms with E-state index in [0.29, 0.717) is 4.90 Å². The van der Waals surface area contributed by atoms with Crippen molar-refractivity contribution in [3.63, 3.8) is 0 Å². The Labute approximate surface area is 148 Å². The number of benzene rings is 2. The molecule has 0 saturated heterocycles. The highest BCUT2D eigenvalue weighted by Gasteiger charge is 2.39. The second-order valence-corrected chi connectivity index (χ2v) is 6.94. The lowest BCUT2D eigenvalue weighted by Gasteiger charge is -2.12. The summed E-state index contributed by atoms with van der Waals surface area (Å²) in [4.78, 5) is 0.361. The smallest absolute Gasteiger partial charge is 0.176 e. The third-order valence-electron chi connectivity index (χ3n) is 2.81. The number of alkyl halides is 3. The first-order valence-electron chi connectivity index (χ1n) is 6.11. The predicted molar refractivity (Wildman–Crippen MR) is 90.2 cm³/mol. The zero-order valence-corrected chi connectivity index (χ0v) is 14.3. The highest BCUT2D eigenvalue weighted by molar-refractivity contribution is 7.94. The summed E-state index contributed by atoms with van der Waals surface area (Å²) in [6.45, 7) is 0. The monoisotopic (exact) mass is 399 g/mol. The van der Waals surface area contributed by atoms with Gasteiger partial charge >= 0.3 is 6.18 Å². The van der Waals surface area contributed by atoms with Gasteiger partial charge in [-0.25, -0.2) is 0 Å². The van der Waals surface area contributed by atoms with Gasteiger partial charge in [0.05, 0.1) is 15.1 Å². The van der Waals surface area contributed by atoms with E-state index in [2.05, 4.69) is 0 Å². The van der Waals surface area contributed by atoms with E-state index in [1.807, 2.05) is 0 Å². The van der Waals surface area contributed by atoms with Gasteiger partial charge in [-0.2, -0.15) is 17.7 Å². The highest BCUT2D eigenvalue weighted by Crippen LogP contribution is 2.40. The molecule has 0 radical (unpaired) electrons. The van der Waals surface area contributed by atoms with Crippen LogP contribution in [0.15, 0.2) is 52.8 Å². The molecule has 1 unspecified atom stereocenters. The summed E-state index contributed by atoms with van der Waals surface area (Å²) in [7, 11) is 0. The molecule has 122 valence electrons. The highest BCUT2D eigenvalue weighted by atomic mass is 35.5. The largest absolute Gasteiger partial charge is 0.421 e. The van der Waals surface area contributed by atoms with Gasteiger partial charge < -0.3 is 0 Å². The van der Waals surface area contributed by atoms with Crippen LogP contribution in [0.1, 0.15) is 5.56 Å². The lowest BCUT2D eigenvalue weighted by Crippen LogP contribution is -2.13. The van der Waals surface area contributed by atoms with Gasteiger partial charge in [0.2, 0.25) is 11.2 Å². The molecule has 0 fully saturated rings. The van der Waals surface area contributed by atoms with Crippen molar-refractivity contribution in [2.75, 3.05) is 0 Å². The van der Waals surface area contributed by atoms with E-state index >= 15 is 0 Å².